The van der Waals surface area contributed by atoms with Crippen LogP contribution in [-0.4, -0.2) is 81.8 Å². The molecule has 5 rings (SSSR count). The SMILES string of the molecule is CC[C@H](C)[C@H](CO)N1C(=O)[C@@H]2[C@@H]3C(=O)OCCCC/C=C\[C@]3(C)O[C@@]23C=CCN(C2CCCCC2)C(=O)C13. The van der Waals surface area contributed by atoms with Crippen LogP contribution in [0, 0.1) is 17.8 Å². The van der Waals surface area contributed by atoms with Crippen molar-refractivity contribution < 1.29 is 29.0 Å². The van der Waals surface area contributed by atoms with Gasteiger partial charge in [-0.1, -0.05) is 63.8 Å². The highest BCUT2D eigenvalue weighted by Crippen LogP contribution is 2.58. The van der Waals surface area contributed by atoms with Gasteiger partial charge in [-0.25, -0.2) is 0 Å². The van der Waals surface area contributed by atoms with E-state index < -0.39 is 41.1 Å². The van der Waals surface area contributed by atoms with Gasteiger partial charge in [0.05, 0.1) is 30.8 Å². The Morgan fingerprint density at radius 1 is 1.03 bits per heavy atom. The van der Waals surface area contributed by atoms with Crippen LogP contribution >= 0.6 is 0 Å². The zero-order chi connectivity index (χ0) is 27.1. The Labute approximate surface area is 226 Å². The molecule has 1 spiro atoms. The van der Waals surface area contributed by atoms with Crippen molar-refractivity contribution >= 4 is 17.8 Å². The first kappa shape index (κ1) is 27.4. The summed E-state index contributed by atoms with van der Waals surface area (Å²) in [6.07, 6.45) is 16.3. The molecular weight excluding hydrogens is 484 g/mol. The number of fused-ring (bicyclic) bond motifs is 2. The monoisotopic (exact) mass is 528 g/mol. The zero-order valence-corrected chi connectivity index (χ0v) is 23.1. The minimum Gasteiger partial charge on any atom is -0.465 e. The molecule has 4 heterocycles. The summed E-state index contributed by atoms with van der Waals surface area (Å²) in [5.41, 5.74) is -2.40. The predicted molar refractivity (Wildman–Crippen MR) is 142 cm³/mol. The smallest absolute Gasteiger partial charge is 0.313 e. The first-order valence-corrected chi connectivity index (χ1v) is 14.7. The van der Waals surface area contributed by atoms with Crippen molar-refractivity contribution in [3.05, 3.63) is 24.3 Å². The molecule has 38 heavy (non-hydrogen) atoms. The molecule has 0 aromatic heterocycles. The number of hydrogen-bond acceptors (Lipinski definition) is 6. The van der Waals surface area contributed by atoms with Crippen LogP contribution in [0.25, 0.3) is 0 Å². The number of allylic oxidation sites excluding steroid dienone is 1. The zero-order valence-electron chi connectivity index (χ0n) is 23.1. The number of rotatable bonds is 5. The van der Waals surface area contributed by atoms with Crippen LogP contribution in [-0.2, 0) is 23.9 Å². The second kappa shape index (κ2) is 10.8. The number of cyclic esters (lactones) is 1. The average Bonchev–Trinajstić information content (AvgIpc) is 3.24. The first-order valence-electron chi connectivity index (χ1n) is 14.7. The van der Waals surface area contributed by atoms with Gasteiger partial charge in [0.1, 0.15) is 17.6 Å². The lowest BCUT2D eigenvalue weighted by Crippen LogP contribution is -2.61. The Bertz CT molecular complexity index is 989. The maximum Gasteiger partial charge on any atom is 0.313 e. The van der Waals surface area contributed by atoms with Crippen molar-refractivity contribution in [2.75, 3.05) is 19.8 Å². The molecular formula is C30H44N2O6. The summed E-state index contributed by atoms with van der Waals surface area (Å²) in [5.74, 6) is -2.71. The highest BCUT2D eigenvalue weighted by Gasteiger charge is 2.75. The van der Waals surface area contributed by atoms with Crippen LogP contribution < -0.4 is 0 Å². The molecule has 4 aliphatic heterocycles. The Kier molecular flexibility index (Phi) is 7.75. The number of aliphatic hydroxyl groups excluding tert-OH is 1. The highest BCUT2D eigenvalue weighted by atomic mass is 16.6. The lowest BCUT2D eigenvalue weighted by molar-refractivity contribution is -0.163. The van der Waals surface area contributed by atoms with Crippen LogP contribution in [0.3, 0.4) is 0 Å². The lowest BCUT2D eigenvalue weighted by Gasteiger charge is -2.43. The molecule has 1 N–H and O–H groups in total. The fourth-order valence-electron chi connectivity index (χ4n) is 7.65. The number of carbonyl (C=O) groups is 3. The van der Waals surface area contributed by atoms with E-state index in [4.69, 9.17) is 9.47 Å². The second-order valence-corrected chi connectivity index (χ2v) is 12.1. The molecule has 0 aromatic rings. The third-order valence-electron chi connectivity index (χ3n) is 9.83. The van der Waals surface area contributed by atoms with Crippen molar-refractivity contribution in [3.8, 4) is 0 Å². The van der Waals surface area contributed by atoms with Gasteiger partial charge in [0.15, 0.2) is 0 Å². The molecule has 5 aliphatic rings. The van der Waals surface area contributed by atoms with Gasteiger partial charge in [0.25, 0.3) is 0 Å². The highest BCUT2D eigenvalue weighted by molar-refractivity contribution is 5.99. The molecule has 7 atom stereocenters. The Balaban J connectivity index is 1.65. The summed E-state index contributed by atoms with van der Waals surface area (Å²) in [5, 5.41) is 10.5. The van der Waals surface area contributed by atoms with E-state index in [1.54, 1.807) is 4.90 Å². The molecule has 210 valence electrons. The van der Waals surface area contributed by atoms with Crippen LogP contribution in [0.2, 0.25) is 0 Å². The van der Waals surface area contributed by atoms with Crippen molar-refractivity contribution in [2.24, 2.45) is 17.8 Å². The largest absolute Gasteiger partial charge is 0.465 e. The van der Waals surface area contributed by atoms with Gasteiger partial charge in [0, 0.05) is 12.6 Å². The molecule has 1 saturated carbocycles. The molecule has 0 aromatic carbocycles. The van der Waals surface area contributed by atoms with E-state index in [9.17, 15) is 19.5 Å². The summed E-state index contributed by atoms with van der Waals surface area (Å²) in [6.45, 7) is 6.36. The molecule has 1 aliphatic carbocycles. The topological polar surface area (TPSA) is 96.4 Å². The summed E-state index contributed by atoms with van der Waals surface area (Å²) >= 11 is 0. The Morgan fingerprint density at radius 3 is 2.50 bits per heavy atom. The van der Waals surface area contributed by atoms with Crippen molar-refractivity contribution in [2.45, 2.75) is 108 Å². The summed E-state index contributed by atoms with van der Waals surface area (Å²) in [4.78, 5) is 46.2. The van der Waals surface area contributed by atoms with E-state index in [2.05, 4.69) is 0 Å². The number of amides is 2. The molecule has 0 radical (unpaired) electrons. The molecule has 8 heteroatoms. The number of carbonyl (C=O) groups excluding carboxylic acids is 3. The average molecular weight is 529 g/mol. The number of likely N-dealkylation sites (tertiary alicyclic amines) is 1. The fourth-order valence-corrected chi connectivity index (χ4v) is 7.65. The van der Waals surface area contributed by atoms with Crippen LogP contribution in [0.4, 0.5) is 0 Å². The van der Waals surface area contributed by atoms with E-state index in [-0.39, 0.29) is 30.4 Å². The maximum absolute atomic E-state index is 14.6. The van der Waals surface area contributed by atoms with Gasteiger partial charge in [0.2, 0.25) is 11.8 Å². The number of aliphatic hydroxyl groups is 1. The lowest BCUT2D eigenvalue weighted by atomic mass is 9.74. The third kappa shape index (κ3) is 4.32. The van der Waals surface area contributed by atoms with Crippen LogP contribution in [0.15, 0.2) is 24.3 Å². The fraction of sp³-hybridized carbons (Fsp3) is 0.767. The second-order valence-electron chi connectivity index (χ2n) is 12.1. The van der Waals surface area contributed by atoms with Gasteiger partial charge in [-0.3, -0.25) is 14.4 Å². The minimum atomic E-state index is -1.31. The molecule has 8 nitrogen and oxygen atoms in total. The minimum absolute atomic E-state index is 0.0368. The van der Waals surface area contributed by atoms with Gasteiger partial charge >= 0.3 is 5.97 Å². The molecule has 2 amide bonds. The third-order valence-corrected chi connectivity index (χ3v) is 9.83. The molecule has 0 bridgehead atoms. The van der Waals surface area contributed by atoms with E-state index >= 15 is 0 Å². The Morgan fingerprint density at radius 2 is 1.79 bits per heavy atom. The van der Waals surface area contributed by atoms with E-state index in [0.717, 1.165) is 51.4 Å². The van der Waals surface area contributed by atoms with Gasteiger partial charge in [-0.15, -0.1) is 0 Å². The quantitative estimate of drug-likeness (QED) is 0.434. The number of nitrogens with zero attached hydrogens (tertiary/aromatic N) is 2. The van der Waals surface area contributed by atoms with Crippen LogP contribution in [0.5, 0.6) is 0 Å². The van der Waals surface area contributed by atoms with E-state index in [1.807, 2.05) is 50.0 Å². The maximum atomic E-state index is 14.6. The van der Waals surface area contributed by atoms with Gasteiger partial charge in [-0.05, 0) is 44.9 Å². The molecule has 1 unspecified atom stereocenters. The number of esters is 1. The van der Waals surface area contributed by atoms with Crippen molar-refractivity contribution in [3.63, 3.8) is 0 Å². The standard InChI is InChI=1S/C30H44N2O6/c1-4-20(2)22(19-33)32-25-27(35)31(21-13-8-7-9-14-21)17-12-16-30(25)23(26(32)34)24-28(36)37-18-11-6-5-10-15-29(24,3)38-30/h10,12,15-16,20-25,33H,4-9,11,13-14,17-19H2,1-3H3/b15-10-/t20-,22-,23-,24+,25?,29-,30-/m0/s1. The van der Waals surface area contributed by atoms with Crippen LogP contribution in [0.1, 0.15) is 78.6 Å². The Hall–Kier alpha value is -2.19. The van der Waals surface area contributed by atoms with E-state index in [0.29, 0.717) is 13.2 Å². The van der Waals surface area contributed by atoms with E-state index in [1.165, 1.54) is 6.42 Å². The summed E-state index contributed by atoms with van der Waals surface area (Å²) in [7, 11) is 0. The first-order chi connectivity index (χ1) is 18.3. The van der Waals surface area contributed by atoms with Crippen molar-refractivity contribution in [1.29, 1.82) is 0 Å². The molecule has 3 fully saturated rings. The number of ether oxygens (including phenoxy) is 2. The summed E-state index contributed by atoms with van der Waals surface area (Å²) in [6, 6.07) is -1.38. The predicted octanol–water partition coefficient (Wildman–Crippen LogP) is 3.38. The summed E-state index contributed by atoms with van der Waals surface area (Å²) < 4.78 is 12.6. The van der Waals surface area contributed by atoms with Gasteiger partial charge in [-0.2, -0.15) is 0 Å². The molecule has 2 saturated heterocycles. The number of hydrogen-bond donors (Lipinski definition) is 1. The van der Waals surface area contributed by atoms with Crippen molar-refractivity contribution in [1.82, 2.24) is 9.80 Å². The normalized spacial score (nSPS) is 38.6. The van der Waals surface area contributed by atoms with Gasteiger partial charge < -0.3 is 24.4 Å².